The maximum atomic E-state index is 12.4. The van der Waals surface area contributed by atoms with Crippen LogP contribution in [-0.4, -0.2) is 36.8 Å². The number of hydrogen-bond donors (Lipinski definition) is 1. The maximum absolute atomic E-state index is 12.4. The fraction of sp³-hybridized carbons (Fsp3) is 0.524. The first-order valence-corrected chi connectivity index (χ1v) is 9.87. The molecule has 1 unspecified atom stereocenters. The Morgan fingerprint density at radius 2 is 1.76 bits per heavy atom. The number of ketones is 2. The van der Waals surface area contributed by atoms with Crippen molar-refractivity contribution in [3.8, 4) is 11.5 Å². The molecule has 1 aromatic carbocycles. The van der Waals surface area contributed by atoms with Crippen LogP contribution in [0.2, 0.25) is 0 Å². The van der Waals surface area contributed by atoms with Crippen LogP contribution in [0.3, 0.4) is 0 Å². The van der Waals surface area contributed by atoms with E-state index in [1.165, 1.54) is 19.1 Å². The molecule has 2 aliphatic carbocycles. The summed E-state index contributed by atoms with van der Waals surface area (Å²) in [5, 5.41) is 2.60. The summed E-state index contributed by atoms with van der Waals surface area (Å²) in [5.74, 6) is -0.534. The van der Waals surface area contributed by atoms with Gasteiger partial charge in [0.25, 0.3) is 5.91 Å². The molecule has 1 N–H and O–H groups in total. The van der Waals surface area contributed by atoms with Crippen molar-refractivity contribution in [2.24, 2.45) is 17.8 Å². The minimum atomic E-state index is -0.549. The van der Waals surface area contributed by atoms with Crippen LogP contribution >= 0.6 is 0 Å². The predicted octanol–water partition coefficient (Wildman–Crippen LogP) is 2.50. The number of carbonyl (C=O) groups is 4. The Morgan fingerprint density at radius 1 is 1.10 bits per heavy atom. The molecule has 1 aliphatic heterocycles. The largest absolute Gasteiger partial charge is 0.455 e. The summed E-state index contributed by atoms with van der Waals surface area (Å²) in [4.78, 5) is 48.7. The van der Waals surface area contributed by atoms with Gasteiger partial charge in [-0.15, -0.1) is 0 Å². The highest BCUT2D eigenvalue weighted by molar-refractivity contribution is 6.05. The number of ether oxygens (including phenoxy) is 3. The van der Waals surface area contributed by atoms with Gasteiger partial charge in [-0.3, -0.25) is 19.2 Å². The van der Waals surface area contributed by atoms with Crippen LogP contribution in [0.25, 0.3) is 0 Å². The van der Waals surface area contributed by atoms with Gasteiger partial charge in [-0.05, 0) is 38.7 Å². The van der Waals surface area contributed by atoms with E-state index in [-0.39, 0.29) is 47.4 Å². The first-order valence-electron chi connectivity index (χ1n) is 9.87. The smallest absolute Gasteiger partial charge is 0.309 e. The Bertz CT molecular complexity index is 862. The molecular weight excluding hydrogens is 378 g/mol. The second-order valence-corrected chi connectivity index (χ2v) is 7.86. The van der Waals surface area contributed by atoms with Gasteiger partial charge >= 0.3 is 5.97 Å². The number of amides is 1. The first kappa shape index (κ1) is 19.4. The van der Waals surface area contributed by atoms with E-state index >= 15 is 0 Å². The van der Waals surface area contributed by atoms with Gasteiger partial charge in [0.05, 0.1) is 11.6 Å². The van der Waals surface area contributed by atoms with Crippen LogP contribution in [0.5, 0.6) is 11.5 Å². The van der Waals surface area contributed by atoms with Crippen molar-refractivity contribution in [3.63, 3.8) is 0 Å². The van der Waals surface area contributed by atoms with Crippen molar-refractivity contribution in [2.75, 3.05) is 18.7 Å². The highest BCUT2D eigenvalue weighted by Gasteiger charge is 2.41. The van der Waals surface area contributed by atoms with Crippen molar-refractivity contribution in [2.45, 2.75) is 39.0 Å². The topological polar surface area (TPSA) is 108 Å². The van der Waals surface area contributed by atoms with Crippen molar-refractivity contribution in [1.82, 2.24) is 0 Å². The Morgan fingerprint density at radius 3 is 2.41 bits per heavy atom. The molecule has 0 spiro atoms. The SMILES string of the molecule is CC(=O)c1cc2c(cc1NC(=O)COC(=O)C1C[C@H]3CCC[C@@H](C1)C3=O)OCO2. The van der Waals surface area contributed by atoms with Crippen molar-refractivity contribution < 1.29 is 33.4 Å². The van der Waals surface area contributed by atoms with Crippen molar-refractivity contribution in [3.05, 3.63) is 17.7 Å². The molecule has 8 heteroatoms. The molecule has 154 valence electrons. The zero-order valence-corrected chi connectivity index (χ0v) is 16.2. The normalized spacial score (nSPS) is 24.7. The third-order valence-corrected chi connectivity index (χ3v) is 5.89. The van der Waals surface area contributed by atoms with Gasteiger partial charge in [0, 0.05) is 23.5 Å². The summed E-state index contributed by atoms with van der Waals surface area (Å²) in [6, 6.07) is 3.04. The Kier molecular flexibility index (Phi) is 5.25. The molecule has 2 fully saturated rings. The molecule has 29 heavy (non-hydrogen) atoms. The number of benzene rings is 1. The molecule has 0 aromatic heterocycles. The van der Waals surface area contributed by atoms with Crippen LogP contribution in [0.15, 0.2) is 12.1 Å². The number of rotatable bonds is 5. The number of esters is 1. The second-order valence-electron chi connectivity index (χ2n) is 7.86. The van der Waals surface area contributed by atoms with Gasteiger partial charge in [-0.25, -0.2) is 0 Å². The lowest BCUT2D eigenvalue weighted by atomic mass is 9.67. The monoisotopic (exact) mass is 401 g/mol. The molecular formula is C21H23NO7. The van der Waals surface area contributed by atoms with Crippen LogP contribution in [-0.2, 0) is 19.1 Å². The summed E-state index contributed by atoms with van der Waals surface area (Å²) in [5.41, 5.74) is 0.563. The molecule has 1 heterocycles. The van der Waals surface area contributed by atoms with Crippen LogP contribution in [0.1, 0.15) is 49.4 Å². The Labute approximate surface area is 167 Å². The summed E-state index contributed by atoms with van der Waals surface area (Å²) in [6.45, 7) is 0.979. The van der Waals surface area contributed by atoms with Crippen LogP contribution in [0.4, 0.5) is 5.69 Å². The van der Waals surface area contributed by atoms with Crippen molar-refractivity contribution in [1.29, 1.82) is 0 Å². The van der Waals surface area contributed by atoms with E-state index in [0.717, 1.165) is 19.3 Å². The van der Waals surface area contributed by atoms with Crippen LogP contribution < -0.4 is 14.8 Å². The number of carbonyl (C=O) groups excluding carboxylic acids is 4. The van der Waals surface area contributed by atoms with Gasteiger partial charge in [0.15, 0.2) is 23.9 Å². The average molecular weight is 401 g/mol. The highest BCUT2D eigenvalue weighted by Crippen LogP contribution is 2.40. The molecule has 2 saturated carbocycles. The minimum absolute atomic E-state index is 0.0492. The number of nitrogens with one attached hydrogen (secondary N) is 1. The molecule has 8 nitrogen and oxygen atoms in total. The standard InChI is InChI=1S/C21H23NO7/c1-11(23)15-7-17-18(29-10-28-17)8-16(15)22-19(24)9-27-21(26)14-5-12-3-2-4-13(6-14)20(12)25/h7-8,12-14H,2-6,9-10H2,1H3,(H,22,24)/t12-,13+,14?. The molecule has 1 amide bonds. The summed E-state index contributed by atoms with van der Waals surface area (Å²) < 4.78 is 15.7. The number of hydrogen-bond acceptors (Lipinski definition) is 7. The molecule has 0 radical (unpaired) electrons. The number of fused-ring (bicyclic) bond motifs is 3. The highest BCUT2D eigenvalue weighted by atomic mass is 16.7. The van der Waals surface area contributed by atoms with E-state index in [9.17, 15) is 19.2 Å². The Balaban J connectivity index is 1.35. The fourth-order valence-corrected chi connectivity index (χ4v) is 4.45. The van der Waals surface area contributed by atoms with Gasteiger partial charge in [0.2, 0.25) is 6.79 Å². The average Bonchev–Trinajstić information content (AvgIpc) is 3.12. The Hall–Kier alpha value is -2.90. The molecule has 4 rings (SSSR count). The number of Topliss-reactive ketones (excluding diaryl/α,β-unsaturated/α-hetero) is 2. The van der Waals surface area contributed by atoms with Gasteiger partial charge in [-0.1, -0.05) is 6.42 Å². The van der Waals surface area contributed by atoms with E-state index in [4.69, 9.17) is 14.2 Å². The lowest BCUT2D eigenvalue weighted by Crippen LogP contribution is -2.40. The third kappa shape index (κ3) is 3.97. The zero-order chi connectivity index (χ0) is 20.5. The summed E-state index contributed by atoms with van der Waals surface area (Å²) >= 11 is 0. The van der Waals surface area contributed by atoms with Gasteiger partial charge in [-0.2, -0.15) is 0 Å². The van der Waals surface area contributed by atoms with Crippen LogP contribution in [0, 0.1) is 17.8 Å². The van der Waals surface area contributed by atoms with E-state index in [0.29, 0.717) is 24.3 Å². The van der Waals surface area contributed by atoms with Gasteiger partial charge < -0.3 is 19.5 Å². The number of anilines is 1. The minimum Gasteiger partial charge on any atom is -0.455 e. The maximum Gasteiger partial charge on any atom is 0.309 e. The first-order chi connectivity index (χ1) is 13.9. The molecule has 2 bridgehead atoms. The van der Waals surface area contributed by atoms with E-state index in [1.807, 2.05) is 0 Å². The third-order valence-electron chi connectivity index (χ3n) is 5.89. The van der Waals surface area contributed by atoms with E-state index in [1.54, 1.807) is 0 Å². The van der Waals surface area contributed by atoms with Gasteiger partial charge in [0.1, 0.15) is 5.78 Å². The lowest BCUT2D eigenvalue weighted by molar-refractivity contribution is -0.155. The lowest BCUT2D eigenvalue weighted by Gasteiger charge is -2.36. The molecule has 1 aromatic rings. The quantitative estimate of drug-likeness (QED) is 0.596. The van der Waals surface area contributed by atoms with E-state index in [2.05, 4.69) is 5.32 Å². The van der Waals surface area contributed by atoms with Crippen molar-refractivity contribution >= 4 is 29.1 Å². The summed E-state index contributed by atoms with van der Waals surface area (Å²) in [7, 11) is 0. The molecule has 0 saturated heterocycles. The second kappa shape index (κ2) is 7.85. The zero-order valence-electron chi connectivity index (χ0n) is 16.2. The fourth-order valence-electron chi connectivity index (χ4n) is 4.45. The van der Waals surface area contributed by atoms with E-state index < -0.39 is 18.5 Å². The molecule has 3 atom stereocenters. The predicted molar refractivity (Wildman–Crippen MR) is 101 cm³/mol. The summed E-state index contributed by atoms with van der Waals surface area (Å²) in [6.07, 6.45) is 3.70. The molecule has 3 aliphatic rings.